The Morgan fingerprint density at radius 2 is 0.825 bits per heavy atom. The molecule has 0 saturated carbocycles. The van der Waals surface area contributed by atoms with E-state index < -0.39 is 12.1 Å². The van der Waals surface area contributed by atoms with Gasteiger partial charge in [0.25, 0.3) is 0 Å². The predicted molar refractivity (Wildman–Crippen MR) is 246 cm³/mol. The fraction of sp³-hybridized carbons (Fsp3) is 0.882. The first-order chi connectivity index (χ1) is 28.0. The Labute approximate surface area is 354 Å². The fourth-order valence-electron chi connectivity index (χ4n) is 7.57. The SMILES string of the molecule is CCCCCC/C=C\CCCCCCCC(=O)OCCCCCCCCCCCCCC(=O)NC(CO)C(O)/C=C/CCCCCCCCCCCCCCCC. The highest BCUT2D eigenvalue weighted by atomic mass is 16.5. The van der Waals surface area contributed by atoms with Gasteiger partial charge in [-0.3, -0.25) is 9.59 Å². The molecule has 0 rings (SSSR count). The second-order valence-corrected chi connectivity index (χ2v) is 17.1. The molecule has 0 aromatic rings. The average Bonchev–Trinajstić information content (AvgIpc) is 3.21. The maximum Gasteiger partial charge on any atom is 0.305 e. The van der Waals surface area contributed by atoms with E-state index in [2.05, 4.69) is 31.3 Å². The van der Waals surface area contributed by atoms with Crippen LogP contribution in [0.2, 0.25) is 0 Å². The topological polar surface area (TPSA) is 95.9 Å². The summed E-state index contributed by atoms with van der Waals surface area (Å²) < 4.78 is 5.44. The van der Waals surface area contributed by atoms with E-state index in [1.54, 1.807) is 6.08 Å². The molecule has 0 bridgehead atoms. The molecule has 0 aromatic heterocycles. The van der Waals surface area contributed by atoms with E-state index in [9.17, 15) is 19.8 Å². The van der Waals surface area contributed by atoms with E-state index in [-0.39, 0.29) is 18.5 Å². The first-order valence-electron chi connectivity index (χ1n) is 25.1. The molecular formula is C51H97NO5. The van der Waals surface area contributed by atoms with Crippen LogP contribution in [0.1, 0.15) is 264 Å². The van der Waals surface area contributed by atoms with Gasteiger partial charge in [-0.1, -0.05) is 218 Å². The Kier molecular flexibility index (Phi) is 45.7. The van der Waals surface area contributed by atoms with Gasteiger partial charge < -0.3 is 20.3 Å². The number of aliphatic hydroxyl groups is 2. The summed E-state index contributed by atoms with van der Waals surface area (Å²) >= 11 is 0. The lowest BCUT2D eigenvalue weighted by Crippen LogP contribution is -2.45. The largest absolute Gasteiger partial charge is 0.466 e. The first-order valence-corrected chi connectivity index (χ1v) is 25.1. The summed E-state index contributed by atoms with van der Waals surface area (Å²) in [6.45, 7) is 4.84. The van der Waals surface area contributed by atoms with Crippen molar-refractivity contribution in [1.82, 2.24) is 5.32 Å². The van der Waals surface area contributed by atoms with Gasteiger partial charge >= 0.3 is 5.97 Å². The highest BCUT2D eigenvalue weighted by Gasteiger charge is 2.18. The Morgan fingerprint density at radius 3 is 1.26 bits per heavy atom. The summed E-state index contributed by atoms with van der Waals surface area (Å²) in [5.74, 6) is -0.112. The lowest BCUT2D eigenvalue weighted by Gasteiger charge is -2.20. The molecular weight excluding hydrogens is 707 g/mol. The third kappa shape index (κ3) is 43.7. The van der Waals surface area contributed by atoms with Gasteiger partial charge in [0, 0.05) is 12.8 Å². The normalized spacial score (nSPS) is 12.8. The summed E-state index contributed by atoms with van der Waals surface area (Å²) in [7, 11) is 0. The lowest BCUT2D eigenvalue weighted by molar-refractivity contribution is -0.143. The molecule has 6 heteroatoms. The number of carbonyl (C=O) groups is 2. The van der Waals surface area contributed by atoms with Crippen molar-refractivity contribution in [3.8, 4) is 0 Å². The molecule has 0 aliphatic carbocycles. The highest BCUT2D eigenvalue weighted by molar-refractivity contribution is 5.76. The van der Waals surface area contributed by atoms with Crippen LogP contribution < -0.4 is 5.32 Å². The van der Waals surface area contributed by atoms with Crippen LogP contribution in [0.15, 0.2) is 24.3 Å². The van der Waals surface area contributed by atoms with Crippen LogP contribution in [-0.4, -0.2) is 47.4 Å². The van der Waals surface area contributed by atoms with Gasteiger partial charge in [-0.05, 0) is 57.8 Å². The van der Waals surface area contributed by atoms with Crippen LogP contribution in [-0.2, 0) is 14.3 Å². The van der Waals surface area contributed by atoms with Crippen LogP contribution in [0.4, 0.5) is 0 Å². The number of nitrogens with one attached hydrogen (secondary N) is 1. The summed E-state index contributed by atoms with van der Waals surface area (Å²) in [6.07, 6.45) is 54.5. The summed E-state index contributed by atoms with van der Waals surface area (Å²) in [6, 6.07) is -0.641. The molecule has 0 aliphatic rings. The number of hydrogen-bond acceptors (Lipinski definition) is 5. The minimum Gasteiger partial charge on any atom is -0.466 e. The second kappa shape index (κ2) is 47.0. The molecule has 0 aliphatic heterocycles. The molecule has 1 amide bonds. The van der Waals surface area contributed by atoms with E-state index in [4.69, 9.17) is 4.74 Å². The summed E-state index contributed by atoms with van der Waals surface area (Å²) in [5.41, 5.74) is 0. The number of amides is 1. The van der Waals surface area contributed by atoms with Crippen LogP contribution in [0.5, 0.6) is 0 Å². The number of hydrogen-bond donors (Lipinski definition) is 3. The van der Waals surface area contributed by atoms with Crippen molar-refractivity contribution in [2.45, 2.75) is 276 Å². The van der Waals surface area contributed by atoms with Crippen LogP contribution in [0.25, 0.3) is 0 Å². The molecule has 2 unspecified atom stereocenters. The van der Waals surface area contributed by atoms with Crippen molar-refractivity contribution >= 4 is 11.9 Å². The molecule has 2 atom stereocenters. The molecule has 0 radical (unpaired) electrons. The highest BCUT2D eigenvalue weighted by Crippen LogP contribution is 2.15. The lowest BCUT2D eigenvalue weighted by atomic mass is 10.0. The minimum atomic E-state index is -0.856. The van der Waals surface area contributed by atoms with Gasteiger partial charge in [0.05, 0.1) is 25.4 Å². The van der Waals surface area contributed by atoms with Crippen LogP contribution in [0, 0.1) is 0 Å². The van der Waals surface area contributed by atoms with Crippen LogP contribution in [0.3, 0.4) is 0 Å². The van der Waals surface area contributed by atoms with Gasteiger partial charge in [0.15, 0.2) is 0 Å². The van der Waals surface area contributed by atoms with E-state index in [0.29, 0.717) is 19.4 Å². The molecule has 0 aromatic carbocycles. The van der Waals surface area contributed by atoms with Gasteiger partial charge in [0.1, 0.15) is 0 Å². The summed E-state index contributed by atoms with van der Waals surface area (Å²) in [5, 5.41) is 23.0. The van der Waals surface area contributed by atoms with Gasteiger partial charge in [-0.15, -0.1) is 0 Å². The molecule has 3 N–H and O–H groups in total. The van der Waals surface area contributed by atoms with Crippen molar-refractivity contribution in [2.24, 2.45) is 0 Å². The number of rotatable bonds is 46. The first kappa shape index (κ1) is 55.3. The van der Waals surface area contributed by atoms with E-state index in [1.807, 2.05) is 6.08 Å². The maximum absolute atomic E-state index is 12.4. The maximum atomic E-state index is 12.4. The third-order valence-corrected chi connectivity index (χ3v) is 11.5. The van der Waals surface area contributed by atoms with Crippen molar-refractivity contribution in [2.75, 3.05) is 13.2 Å². The quantitative estimate of drug-likeness (QED) is 0.0324. The van der Waals surface area contributed by atoms with E-state index in [1.165, 1.54) is 180 Å². The zero-order valence-corrected chi connectivity index (χ0v) is 38.1. The van der Waals surface area contributed by atoms with Crippen molar-refractivity contribution < 1.29 is 24.5 Å². The third-order valence-electron chi connectivity index (χ3n) is 11.5. The van der Waals surface area contributed by atoms with Crippen molar-refractivity contribution in [3.63, 3.8) is 0 Å². The van der Waals surface area contributed by atoms with Gasteiger partial charge in [-0.2, -0.15) is 0 Å². The van der Waals surface area contributed by atoms with Gasteiger partial charge in [-0.25, -0.2) is 0 Å². The van der Waals surface area contributed by atoms with Crippen molar-refractivity contribution in [3.05, 3.63) is 24.3 Å². The molecule has 336 valence electrons. The van der Waals surface area contributed by atoms with E-state index in [0.717, 1.165) is 57.8 Å². The standard InChI is InChI=1S/C51H97NO5/c1-3-5-7-9-11-13-15-17-18-19-21-23-27-31-35-39-43-49(54)48(47-53)52-50(55)44-40-36-32-28-24-22-26-30-34-38-42-46-57-51(56)45-41-37-33-29-25-20-16-14-12-10-8-6-4-2/h14,16,39,43,48-49,53-54H,3-13,15,17-38,40-42,44-47H2,1-2H3,(H,52,55)/b16-14-,43-39+. The Balaban J connectivity index is 3.52. The molecule has 6 nitrogen and oxygen atoms in total. The van der Waals surface area contributed by atoms with E-state index >= 15 is 0 Å². The number of allylic oxidation sites excluding steroid dienone is 3. The Morgan fingerprint density at radius 1 is 0.474 bits per heavy atom. The zero-order chi connectivity index (χ0) is 41.5. The molecule has 57 heavy (non-hydrogen) atoms. The van der Waals surface area contributed by atoms with Crippen LogP contribution >= 0.6 is 0 Å². The zero-order valence-electron chi connectivity index (χ0n) is 38.1. The Bertz CT molecular complexity index is 889. The summed E-state index contributed by atoms with van der Waals surface area (Å²) in [4.78, 5) is 24.4. The monoisotopic (exact) mass is 804 g/mol. The molecule has 0 saturated heterocycles. The number of aliphatic hydroxyl groups excluding tert-OH is 2. The number of unbranched alkanes of at least 4 members (excludes halogenated alkanes) is 33. The number of carbonyl (C=O) groups excluding carboxylic acids is 2. The predicted octanol–water partition coefficient (Wildman–Crippen LogP) is 14.7. The number of esters is 1. The molecule has 0 fully saturated rings. The fourth-order valence-corrected chi connectivity index (χ4v) is 7.57. The van der Waals surface area contributed by atoms with Crippen molar-refractivity contribution in [1.29, 1.82) is 0 Å². The second-order valence-electron chi connectivity index (χ2n) is 17.1. The average molecular weight is 804 g/mol. The van der Waals surface area contributed by atoms with Gasteiger partial charge in [0.2, 0.25) is 5.91 Å². The molecule has 0 spiro atoms. The smallest absolute Gasteiger partial charge is 0.305 e. The minimum absolute atomic E-state index is 0.0249. The molecule has 0 heterocycles. The number of ether oxygens (including phenoxy) is 1. The Hall–Kier alpha value is -1.66.